The van der Waals surface area contributed by atoms with Gasteiger partial charge >= 0.3 is 0 Å². The van der Waals surface area contributed by atoms with E-state index in [-0.39, 0.29) is 24.2 Å². The molecule has 2 N–H and O–H groups in total. The van der Waals surface area contributed by atoms with E-state index in [1.165, 1.54) is 31.5 Å². The highest BCUT2D eigenvalue weighted by Gasteiger charge is 2.52. The summed E-state index contributed by atoms with van der Waals surface area (Å²) in [6.45, 7) is 10.2. The van der Waals surface area contributed by atoms with E-state index in [1.807, 2.05) is 32.0 Å². The van der Waals surface area contributed by atoms with Crippen molar-refractivity contribution in [3.05, 3.63) is 35.9 Å². The van der Waals surface area contributed by atoms with Gasteiger partial charge in [0.2, 0.25) is 5.91 Å². The first kappa shape index (κ1) is 20.3. The number of likely N-dealkylation sites (tertiary alicyclic amines) is 1. The zero-order chi connectivity index (χ0) is 19.3. The van der Waals surface area contributed by atoms with Gasteiger partial charge in [0.15, 0.2) is 5.79 Å². The van der Waals surface area contributed by atoms with E-state index in [9.17, 15) is 4.79 Å². The molecule has 3 heterocycles. The monoisotopic (exact) mass is 375 g/mol. The lowest BCUT2D eigenvalue weighted by molar-refractivity contribution is -0.161. The van der Waals surface area contributed by atoms with Gasteiger partial charge in [0.25, 0.3) is 0 Å². The fourth-order valence-corrected chi connectivity index (χ4v) is 4.02. The smallest absolute Gasteiger partial charge is 0.216 e. The molecule has 3 aliphatic rings. The maximum absolute atomic E-state index is 11.3. The minimum atomic E-state index is -0.539. The summed E-state index contributed by atoms with van der Waals surface area (Å²) < 4.78 is 12.1. The number of ether oxygens (including phenoxy) is 2. The van der Waals surface area contributed by atoms with Crippen molar-refractivity contribution >= 4 is 5.91 Å². The van der Waals surface area contributed by atoms with Crippen LogP contribution in [0, 0.1) is 0 Å². The molecule has 3 aliphatic heterocycles. The quantitative estimate of drug-likeness (QED) is 0.842. The third kappa shape index (κ3) is 5.75. The average Bonchev–Trinajstić information content (AvgIpc) is 3.32. The Morgan fingerprint density at radius 1 is 1.22 bits per heavy atom. The van der Waals surface area contributed by atoms with Crippen LogP contribution < -0.4 is 10.6 Å². The molecule has 3 saturated heterocycles. The minimum Gasteiger partial charge on any atom is -0.355 e. The molecule has 150 valence electrons. The number of hydrogen-bond acceptors (Lipinski definition) is 5. The average molecular weight is 376 g/mol. The Morgan fingerprint density at radius 2 is 1.93 bits per heavy atom. The molecular weight excluding hydrogens is 342 g/mol. The third-order valence-corrected chi connectivity index (χ3v) is 5.23. The Kier molecular flexibility index (Phi) is 6.87. The van der Waals surface area contributed by atoms with Crippen molar-refractivity contribution < 1.29 is 14.3 Å². The lowest BCUT2D eigenvalue weighted by atomic mass is 10.1. The second-order valence-corrected chi connectivity index (χ2v) is 8.02. The molecule has 1 amide bonds. The van der Waals surface area contributed by atoms with Crippen LogP contribution in [0.1, 0.15) is 39.2 Å². The fourth-order valence-electron chi connectivity index (χ4n) is 4.02. The largest absolute Gasteiger partial charge is 0.355 e. The lowest BCUT2D eigenvalue weighted by Crippen LogP contribution is -2.45. The van der Waals surface area contributed by atoms with Gasteiger partial charge in [-0.2, -0.15) is 0 Å². The fraction of sp³-hybridized carbons (Fsp3) is 0.667. The summed E-state index contributed by atoms with van der Waals surface area (Å²) in [5.41, 5.74) is 1.26. The normalized spacial score (nSPS) is 29.1. The molecule has 3 atom stereocenters. The Bertz CT molecular complexity index is 596. The SMILES string of the molecule is C1CCNC1.CC(=O)NC[C@@H]1[C@H]2OC(C)(C)O[C@H]2CN1Cc1ccccc1. The standard InChI is InChI=1S/C17H24N2O3.C4H9N/c1-12(20)18-9-14-16-15(21-17(2,3)22-16)11-19(14)10-13-7-5-4-6-8-13;1-2-4-5-3-1/h4-8,14-16H,9-11H2,1-3H3,(H,18,20);5H,1-4H2/t14-,15+,16-;/m1./s1. The molecule has 6 heteroatoms. The van der Waals surface area contributed by atoms with E-state index in [0.29, 0.717) is 6.54 Å². The summed E-state index contributed by atoms with van der Waals surface area (Å²) in [7, 11) is 0. The molecule has 0 aromatic heterocycles. The van der Waals surface area contributed by atoms with E-state index in [1.54, 1.807) is 6.92 Å². The highest BCUT2D eigenvalue weighted by molar-refractivity contribution is 5.72. The van der Waals surface area contributed by atoms with Crippen LogP contribution in [0.3, 0.4) is 0 Å². The highest BCUT2D eigenvalue weighted by Crippen LogP contribution is 2.37. The van der Waals surface area contributed by atoms with Crippen molar-refractivity contribution in [1.29, 1.82) is 0 Å². The van der Waals surface area contributed by atoms with Gasteiger partial charge in [0.1, 0.15) is 12.2 Å². The number of fused-ring (bicyclic) bond motifs is 1. The predicted octanol–water partition coefficient (Wildman–Crippen LogP) is 1.90. The van der Waals surface area contributed by atoms with Crippen LogP contribution in [0.25, 0.3) is 0 Å². The number of benzene rings is 1. The first-order valence-electron chi connectivity index (χ1n) is 10.0. The summed E-state index contributed by atoms with van der Waals surface area (Å²) in [4.78, 5) is 13.6. The second-order valence-electron chi connectivity index (χ2n) is 8.02. The number of nitrogens with one attached hydrogen (secondary N) is 2. The first-order chi connectivity index (χ1) is 12.9. The molecule has 0 radical (unpaired) electrons. The summed E-state index contributed by atoms with van der Waals surface area (Å²) in [5, 5.41) is 6.15. The van der Waals surface area contributed by atoms with Crippen molar-refractivity contribution in [2.75, 3.05) is 26.2 Å². The molecule has 6 nitrogen and oxygen atoms in total. The molecule has 0 aliphatic carbocycles. The summed E-state index contributed by atoms with van der Waals surface area (Å²) >= 11 is 0. The van der Waals surface area contributed by atoms with Gasteiger partial charge in [-0.05, 0) is 45.3 Å². The van der Waals surface area contributed by atoms with E-state index < -0.39 is 5.79 Å². The van der Waals surface area contributed by atoms with Gasteiger partial charge in [-0.15, -0.1) is 0 Å². The molecule has 0 bridgehead atoms. The predicted molar refractivity (Wildman–Crippen MR) is 105 cm³/mol. The summed E-state index contributed by atoms with van der Waals surface area (Å²) in [6, 6.07) is 10.5. The molecule has 1 aromatic rings. The molecule has 27 heavy (non-hydrogen) atoms. The molecule has 0 saturated carbocycles. The van der Waals surface area contributed by atoms with E-state index in [0.717, 1.165) is 13.1 Å². The van der Waals surface area contributed by atoms with Gasteiger partial charge in [-0.25, -0.2) is 0 Å². The Hall–Kier alpha value is -1.47. The maximum atomic E-state index is 11.3. The number of carbonyl (C=O) groups excluding carboxylic acids is 1. The van der Waals surface area contributed by atoms with Crippen LogP contribution in [-0.2, 0) is 20.8 Å². The van der Waals surface area contributed by atoms with Crippen molar-refractivity contribution in [2.24, 2.45) is 0 Å². The Balaban J connectivity index is 0.000000364. The third-order valence-electron chi connectivity index (χ3n) is 5.23. The highest BCUT2D eigenvalue weighted by atomic mass is 16.8. The lowest BCUT2D eigenvalue weighted by Gasteiger charge is -2.29. The van der Waals surface area contributed by atoms with Crippen LogP contribution in [-0.4, -0.2) is 61.0 Å². The van der Waals surface area contributed by atoms with Crippen molar-refractivity contribution in [1.82, 2.24) is 15.5 Å². The molecule has 1 aromatic carbocycles. The minimum absolute atomic E-state index is 0.00515. The molecule has 0 unspecified atom stereocenters. The van der Waals surface area contributed by atoms with Crippen LogP contribution in [0.5, 0.6) is 0 Å². The van der Waals surface area contributed by atoms with Gasteiger partial charge in [0, 0.05) is 26.6 Å². The zero-order valence-corrected chi connectivity index (χ0v) is 16.7. The van der Waals surface area contributed by atoms with Crippen LogP contribution in [0.15, 0.2) is 30.3 Å². The van der Waals surface area contributed by atoms with Crippen molar-refractivity contribution in [2.45, 2.75) is 64.2 Å². The van der Waals surface area contributed by atoms with Crippen molar-refractivity contribution in [3.63, 3.8) is 0 Å². The van der Waals surface area contributed by atoms with Crippen molar-refractivity contribution in [3.8, 4) is 0 Å². The van der Waals surface area contributed by atoms with E-state index in [2.05, 4.69) is 27.7 Å². The molecule has 0 spiro atoms. The summed E-state index contributed by atoms with van der Waals surface area (Å²) in [5.74, 6) is -0.552. The zero-order valence-electron chi connectivity index (χ0n) is 16.7. The first-order valence-corrected chi connectivity index (χ1v) is 10.0. The van der Waals surface area contributed by atoms with Gasteiger partial charge in [0.05, 0.1) is 6.04 Å². The summed E-state index contributed by atoms with van der Waals surface area (Å²) in [6.07, 6.45) is 2.85. The number of carbonyl (C=O) groups is 1. The number of nitrogens with zero attached hydrogens (tertiary/aromatic N) is 1. The number of rotatable bonds is 4. The van der Waals surface area contributed by atoms with E-state index >= 15 is 0 Å². The maximum Gasteiger partial charge on any atom is 0.216 e. The second kappa shape index (κ2) is 9.15. The Labute approximate surface area is 162 Å². The molecule has 3 fully saturated rings. The topological polar surface area (TPSA) is 62.8 Å². The van der Waals surface area contributed by atoms with Gasteiger partial charge in [-0.1, -0.05) is 30.3 Å². The number of amides is 1. The molecule has 4 rings (SSSR count). The Morgan fingerprint density at radius 3 is 2.52 bits per heavy atom. The van der Waals surface area contributed by atoms with Crippen LogP contribution >= 0.6 is 0 Å². The van der Waals surface area contributed by atoms with Crippen LogP contribution in [0.4, 0.5) is 0 Å². The van der Waals surface area contributed by atoms with Crippen LogP contribution in [0.2, 0.25) is 0 Å². The number of hydrogen-bond donors (Lipinski definition) is 2. The van der Waals surface area contributed by atoms with Gasteiger partial charge in [-0.3, -0.25) is 9.69 Å². The van der Waals surface area contributed by atoms with E-state index in [4.69, 9.17) is 9.47 Å². The molecular formula is C21H33N3O3. The van der Waals surface area contributed by atoms with Gasteiger partial charge < -0.3 is 20.1 Å².